The fourth-order valence-corrected chi connectivity index (χ4v) is 4.25. The highest BCUT2D eigenvalue weighted by molar-refractivity contribution is 7.89. The van der Waals surface area contributed by atoms with Crippen LogP contribution in [-0.2, 0) is 23.6 Å². The monoisotopic (exact) mass is 337 g/mol. The molecule has 23 heavy (non-hydrogen) atoms. The SMILES string of the molecule is CCN(Cc1cnn(C)c1)S(=O)(=O)c1cc(C)c(OC)cc1C. The highest BCUT2D eigenvalue weighted by atomic mass is 32.2. The zero-order valence-corrected chi connectivity index (χ0v) is 15.0. The summed E-state index contributed by atoms with van der Waals surface area (Å²) >= 11 is 0. The van der Waals surface area contributed by atoms with Crippen molar-refractivity contribution in [3.8, 4) is 5.75 Å². The third-order valence-corrected chi connectivity index (χ3v) is 5.84. The molecule has 0 bridgehead atoms. The molecule has 0 saturated heterocycles. The summed E-state index contributed by atoms with van der Waals surface area (Å²) in [5, 5.41) is 4.09. The smallest absolute Gasteiger partial charge is 0.243 e. The van der Waals surface area contributed by atoms with E-state index in [0.29, 0.717) is 29.3 Å². The Hall–Kier alpha value is -1.86. The molecule has 6 nitrogen and oxygen atoms in total. The van der Waals surface area contributed by atoms with Crippen molar-refractivity contribution in [3.05, 3.63) is 41.2 Å². The second kappa shape index (κ2) is 6.72. The van der Waals surface area contributed by atoms with Crippen LogP contribution in [0.25, 0.3) is 0 Å². The van der Waals surface area contributed by atoms with Crippen molar-refractivity contribution in [1.29, 1.82) is 0 Å². The van der Waals surface area contributed by atoms with Crippen molar-refractivity contribution in [3.63, 3.8) is 0 Å². The lowest BCUT2D eigenvalue weighted by molar-refractivity contribution is 0.409. The van der Waals surface area contributed by atoms with E-state index < -0.39 is 10.0 Å². The maximum Gasteiger partial charge on any atom is 0.243 e. The van der Waals surface area contributed by atoms with Gasteiger partial charge in [0.25, 0.3) is 0 Å². The number of sulfonamides is 1. The minimum Gasteiger partial charge on any atom is -0.496 e. The first kappa shape index (κ1) is 17.5. The van der Waals surface area contributed by atoms with Gasteiger partial charge in [0.15, 0.2) is 0 Å². The fraction of sp³-hybridized carbons (Fsp3) is 0.438. The largest absolute Gasteiger partial charge is 0.496 e. The quantitative estimate of drug-likeness (QED) is 0.811. The molecule has 0 saturated carbocycles. The third-order valence-electron chi connectivity index (χ3n) is 3.78. The van der Waals surface area contributed by atoms with Crippen LogP contribution in [0.5, 0.6) is 5.75 Å². The zero-order valence-electron chi connectivity index (χ0n) is 14.2. The van der Waals surface area contributed by atoms with Gasteiger partial charge in [0.2, 0.25) is 10.0 Å². The summed E-state index contributed by atoms with van der Waals surface area (Å²) in [4.78, 5) is 0.321. The molecule has 1 aromatic carbocycles. The van der Waals surface area contributed by atoms with E-state index in [1.54, 1.807) is 37.0 Å². The number of aromatic nitrogens is 2. The van der Waals surface area contributed by atoms with E-state index in [4.69, 9.17) is 4.74 Å². The molecule has 0 aliphatic carbocycles. The van der Waals surface area contributed by atoms with Crippen LogP contribution in [0.15, 0.2) is 29.4 Å². The van der Waals surface area contributed by atoms with Gasteiger partial charge in [-0.25, -0.2) is 8.42 Å². The molecule has 126 valence electrons. The molecule has 0 aliphatic heterocycles. The number of rotatable bonds is 6. The van der Waals surface area contributed by atoms with Gasteiger partial charge < -0.3 is 4.74 Å². The molecule has 0 spiro atoms. The maximum atomic E-state index is 13.0. The zero-order chi connectivity index (χ0) is 17.2. The number of nitrogens with zero attached hydrogens (tertiary/aromatic N) is 3. The molecular formula is C16H23N3O3S. The summed E-state index contributed by atoms with van der Waals surface area (Å²) in [6, 6.07) is 3.44. The number of hydrogen-bond acceptors (Lipinski definition) is 4. The average Bonchev–Trinajstić information content (AvgIpc) is 2.91. The topological polar surface area (TPSA) is 64.4 Å². The highest BCUT2D eigenvalue weighted by Crippen LogP contribution is 2.28. The minimum atomic E-state index is -3.58. The molecule has 0 atom stereocenters. The van der Waals surface area contributed by atoms with Crippen LogP contribution >= 0.6 is 0 Å². The van der Waals surface area contributed by atoms with Crippen molar-refractivity contribution < 1.29 is 13.2 Å². The Labute approximate surface area is 137 Å². The molecule has 0 unspecified atom stereocenters. The van der Waals surface area contributed by atoms with E-state index >= 15 is 0 Å². The van der Waals surface area contributed by atoms with Crippen LogP contribution in [-0.4, -0.2) is 36.2 Å². The lowest BCUT2D eigenvalue weighted by atomic mass is 10.1. The minimum absolute atomic E-state index is 0.303. The van der Waals surface area contributed by atoms with Crippen LogP contribution in [0.2, 0.25) is 0 Å². The van der Waals surface area contributed by atoms with E-state index in [1.165, 1.54) is 4.31 Å². The van der Waals surface area contributed by atoms with Crippen LogP contribution in [0.3, 0.4) is 0 Å². The Morgan fingerprint density at radius 1 is 1.26 bits per heavy atom. The molecule has 2 aromatic rings. The summed E-state index contributed by atoms with van der Waals surface area (Å²) in [7, 11) is -0.187. The van der Waals surface area contributed by atoms with Crippen molar-refractivity contribution >= 4 is 10.0 Å². The van der Waals surface area contributed by atoms with E-state index in [-0.39, 0.29) is 0 Å². The third kappa shape index (κ3) is 3.56. The number of ether oxygens (including phenoxy) is 1. The molecule has 0 radical (unpaired) electrons. The van der Waals surface area contributed by atoms with Crippen molar-refractivity contribution in [2.45, 2.75) is 32.2 Å². The van der Waals surface area contributed by atoms with Gasteiger partial charge >= 0.3 is 0 Å². The van der Waals surface area contributed by atoms with E-state index in [2.05, 4.69) is 5.10 Å². The first-order chi connectivity index (χ1) is 10.8. The van der Waals surface area contributed by atoms with E-state index in [1.807, 2.05) is 27.1 Å². The molecule has 0 aliphatic rings. The number of aryl methyl sites for hydroxylation is 3. The lowest BCUT2D eigenvalue weighted by Crippen LogP contribution is -2.31. The number of hydrogen-bond donors (Lipinski definition) is 0. The Balaban J connectivity index is 2.41. The summed E-state index contributed by atoms with van der Waals surface area (Å²) in [5.41, 5.74) is 2.34. The predicted octanol–water partition coefficient (Wildman–Crippen LogP) is 2.26. The first-order valence-electron chi connectivity index (χ1n) is 7.42. The van der Waals surface area contributed by atoms with Gasteiger partial charge in [0.05, 0.1) is 18.2 Å². The summed E-state index contributed by atoms with van der Waals surface area (Å²) < 4.78 is 34.4. The summed E-state index contributed by atoms with van der Waals surface area (Å²) in [6.07, 6.45) is 3.51. The Morgan fingerprint density at radius 2 is 1.96 bits per heavy atom. The first-order valence-corrected chi connectivity index (χ1v) is 8.86. The maximum absolute atomic E-state index is 13.0. The van der Waals surface area contributed by atoms with Gasteiger partial charge in [-0.05, 0) is 37.1 Å². The van der Waals surface area contributed by atoms with Crippen molar-refractivity contribution in [2.24, 2.45) is 7.05 Å². The summed E-state index contributed by atoms with van der Waals surface area (Å²) in [5.74, 6) is 0.691. The van der Waals surface area contributed by atoms with Gasteiger partial charge in [-0.3, -0.25) is 4.68 Å². The Bertz CT molecular complexity index is 797. The molecular weight excluding hydrogens is 314 g/mol. The lowest BCUT2D eigenvalue weighted by Gasteiger charge is -2.22. The van der Waals surface area contributed by atoms with Crippen LogP contribution in [0, 0.1) is 13.8 Å². The van der Waals surface area contributed by atoms with Crippen LogP contribution in [0.1, 0.15) is 23.6 Å². The van der Waals surface area contributed by atoms with Crippen LogP contribution in [0.4, 0.5) is 0 Å². The van der Waals surface area contributed by atoms with E-state index in [9.17, 15) is 8.42 Å². The number of benzene rings is 1. The Kier molecular flexibility index (Phi) is 5.11. The average molecular weight is 337 g/mol. The molecule has 2 rings (SSSR count). The van der Waals surface area contributed by atoms with Gasteiger partial charge in [0.1, 0.15) is 5.75 Å². The van der Waals surface area contributed by atoms with Crippen LogP contribution < -0.4 is 4.74 Å². The molecule has 0 N–H and O–H groups in total. The molecule has 0 fully saturated rings. The molecule has 1 aromatic heterocycles. The molecule has 1 heterocycles. The second-order valence-corrected chi connectivity index (χ2v) is 7.45. The van der Waals surface area contributed by atoms with Crippen molar-refractivity contribution in [1.82, 2.24) is 14.1 Å². The standard InChI is InChI=1S/C16H23N3O3S/c1-6-19(11-14-9-17-18(4)10-14)23(20,21)16-8-12(2)15(22-5)7-13(16)3/h7-10H,6,11H2,1-5H3. The Morgan fingerprint density at radius 3 is 2.48 bits per heavy atom. The summed E-state index contributed by atoms with van der Waals surface area (Å²) in [6.45, 7) is 6.15. The van der Waals surface area contributed by atoms with Gasteiger partial charge in [-0.2, -0.15) is 9.40 Å². The molecule has 0 amide bonds. The predicted molar refractivity (Wildman–Crippen MR) is 88.9 cm³/mol. The fourth-order valence-electron chi connectivity index (χ4n) is 2.52. The van der Waals surface area contributed by atoms with Gasteiger partial charge in [-0.15, -0.1) is 0 Å². The van der Waals surface area contributed by atoms with Gasteiger partial charge in [-0.1, -0.05) is 6.92 Å². The second-order valence-electron chi connectivity index (χ2n) is 5.54. The van der Waals surface area contributed by atoms with Gasteiger partial charge in [0, 0.05) is 31.9 Å². The van der Waals surface area contributed by atoms with Crippen molar-refractivity contribution in [2.75, 3.05) is 13.7 Å². The highest BCUT2D eigenvalue weighted by Gasteiger charge is 2.26. The van der Waals surface area contributed by atoms with E-state index in [0.717, 1.165) is 11.1 Å². The molecule has 7 heteroatoms. The normalized spacial score (nSPS) is 11.9. The number of methoxy groups -OCH3 is 1.